The fourth-order valence-corrected chi connectivity index (χ4v) is 3.97. The molecule has 6 heteroatoms. The molecule has 1 aliphatic rings. The van der Waals surface area contributed by atoms with Gasteiger partial charge < -0.3 is 18.8 Å². The number of hydrogen-bond donors (Lipinski definition) is 0. The minimum atomic E-state index is -0.373. The smallest absolute Gasteiger partial charge is 0.338 e. The number of anilines is 2. The molecule has 0 amide bonds. The van der Waals surface area contributed by atoms with E-state index < -0.39 is 0 Å². The number of methoxy groups -OCH3 is 1. The highest BCUT2D eigenvalue weighted by molar-refractivity contribution is 5.92. The zero-order valence-corrected chi connectivity index (χ0v) is 17.6. The van der Waals surface area contributed by atoms with Gasteiger partial charge in [0.25, 0.3) is 0 Å². The van der Waals surface area contributed by atoms with Crippen molar-refractivity contribution in [2.24, 2.45) is 0 Å². The molecular formula is C24H28N2O4. The Bertz CT molecular complexity index is 1060. The SMILES string of the molecule is COc1ccc(N(C)c2cc(=O)oc3ccccc23)cc1OCCN1CCCCC1. The zero-order chi connectivity index (χ0) is 20.9. The van der Waals surface area contributed by atoms with Crippen LogP contribution < -0.4 is 20.0 Å². The molecule has 0 aliphatic carbocycles. The number of nitrogens with zero attached hydrogens (tertiary/aromatic N) is 2. The molecular weight excluding hydrogens is 380 g/mol. The van der Waals surface area contributed by atoms with E-state index in [9.17, 15) is 4.79 Å². The summed E-state index contributed by atoms with van der Waals surface area (Å²) in [5, 5.41) is 0.878. The van der Waals surface area contributed by atoms with Crippen LogP contribution in [0, 0.1) is 0 Å². The molecule has 0 radical (unpaired) electrons. The number of benzene rings is 2. The molecule has 1 fully saturated rings. The van der Waals surface area contributed by atoms with E-state index in [4.69, 9.17) is 13.9 Å². The van der Waals surface area contributed by atoms with Crippen molar-refractivity contribution < 1.29 is 13.9 Å². The number of ether oxygens (including phenoxy) is 2. The third-order valence-electron chi connectivity index (χ3n) is 5.64. The lowest BCUT2D eigenvalue weighted by atomic mass is 10.1. The van der Waals surface area contributed by atoms with Gasteiger partial charge in [-0.15, -0.1) is 0 Å². The second kappa shape index (κ2) is 9.22. The number of fused-ring (bicyclic) bond motifs is 1. The van der Waals surface area contributed by atoms with Gasteiger partial charge in [0.15, 0.2) is 11.5 Å². The molecule has 3 aromatic rings. The normalized spacial score (nSPS) is 14.6. The van der Waals surface area contributed by atoms with E-state index in [1.165, 1.54) is 25.3 Å². The van der Waals surface area contributed by atoms with Gasteiger partial charge in [-0.1, -0.05) is 18.6 Å². The molecule has 0 N–H and O–H groups in total. The fourth-order valence-electron chi connectivity index (χ4n) is 3.97. The number of piperidine rings is 1. The van der Waals surface area contributed by atoms with Crippen molar-refractivity contribution in [2.75, 3.05) is 45.3 Å². The minimum Gasteiger partial charge on any atom is -0.493 e. The largest absolute Gasteiger partial charge is 0.493 e. The molecule has 0 spiro atoms. The number of likely N-dealkylation sites (tertiary alicyclic amines) is 1. The molecule has 1 saturated heterocycles. The average Bonchev–Trinajstić information content (AvgIpc) is 2.78. The second-order valence-electron chi connectivity index (χ2n) is 7.59. The van der Waals surface area contributed by atoms with E-state index in [1.54, 1.807) is 13.2 Å². The minimum absolute atomic E-state index is 0.373. The lowest BCUT2D eigenvalue weighted by Gasteiger charge is -2.26. The molecule has 1 aromatic heterocycles. The molecule has 4 rings (SSSR count). The van der Waals surface area contributed by atoms with E-state index >= 15 is 0 Å². The Kier molecular flexibility index (Phi) is 6.23. The van der Waals surface area contributed by atoms with Crippen molar-refractivity contribution >= 4 is 22.3 Å². The van der Waals surface area contributed by atoms with Gasteiger partial charge in [-0.2, -0.15) is 0 Å². The summed E-state index contributed by atoms with van der Waals surface area (Å²) in [6, 6.07) is 14.9. The molecule has 2 heterocycles. The van der Waals surface area contributed by atoms with Crippen molar-refractivity contribution in [1.29, 1.82) is 0 Å². The number of para-hydroxylation sites is 1. The van der Waals surface area contributed by atoms with Crippen LogP contribution in [0.2, 0.25) is 0 Å². The molecule has 6 nitrogen and oxygen atoms in total. The molecule has 30 heavy (non-hydrogen) atoms. The van der Waals surface area contributed by atoms with Crippen molar-refractivity contribution in [1.82, 2.24) is 4.90 Å². The van der Waals surface area contributed by atoms with Gasteiger partial charge in [0.2, 0.25) is 0 Å². The van der Waals surface area contributed by atoms with Crippen LogP contribution in [0.4, 0.5) is 11.4 Å². The van der Waals surface area contributed by atoms with E-state index in [0.29, 0.717) is 23.7 Å². The molecule has 0 unspecified atom stereocenters. The highest BCUT2D eigenvalue weighted by atomic mass is 16.5. The van der Waals surface area contributed by atoms with Crippen LogP contribution in [0.25, 0.3) is 11.0 Å². The van der Waals surface area contributed by atoms with Crippen LogP contribution in [0.15, 0.2) is 57.7 Å². The number of rotatable bonds is 7. The van der Waals surface area contributed by atoms with Gasteiger partial charge in [-0.3, -0.25) is 4.90 Å². The summed E-state index contributed by atoms with van der Waals surface area (Å²) in [6.45, 7) is 3.81. The zero-order valence-electron chi connectivity index (χ0n) is 17.6. The third-order valence-corrected chi connectivity index (χ3v) is 5.64. The van der Waals surface area contributed by atoms with Gasteiger partial charge >= 0.3 is 5.63 Å². The Balaban J connectivity index is 1.57. The predicted octanol–water partition coefficient (Wildman–Crippen LogP) is 4.43. The molecule has 2 aromatic carbocycles. The van der Waals surface area contributed by atoms with Crippen molar-refractivity contribution in [3.8, 4) is 11.5 Å². The lowest BCUT2D eigenvalue weighted by molar-refractivity contribution is 0.180. The van der Waals surface area contributed by atoms with E-state index in [2.05, 4.69) is 4.90 Å². The van der Waals surface area contributed by atoms with Crippen molar-refractivity contribution in [3.05, 3.63) is 59.0 Å². The molecule has 0 bridgehead atoms. The van der Waals surface area contributed by atoms with E-state index in [1.807, 2.05) is 48.3 Å². The first-order valence-electron chi connectivity index (χ1n) is 10.5. The van der Waals surface area contributed by atoms with Crippen molar-refractivity contribution in [3.63, 3.8) is 0 Å². The third kappa shape index (κ3) is 4.44. The van der Waals surface area contributed by atoms with Gasteiger partial charge in [0.05, 0.1) is 12.8 Å². The van der Waals surface area contributed by atoms with Crippen LogP contribution in [-0.4, -0.2) is 45.3 Å². The van der Waals surface area contributed by atoms with Crippen LogP contribution in [0.1, 0.15) is 19.3 Å². The summed E-state index contributed by atoms with van der Waals surface area (Å²) >= 11 is 0. The monoisotopic (exact) mass is 408 g/mol. The highest BCUT2D eigenvalue weighted by Gasteiger charge is 2.15. The molecule has 1 aliphatic heterocycles. The summed E-state index contributed by atoms with van der Waals surface area (Å²) in [4.78, 5) is 16.5. The standard InChI is InChI=1S/C24H28N2O4/c1-25(20-17-24(27)30-21-9-5-4-8-19(20)21)18-10-11-22(28-2)23(16-18)29-15-14-26-12-6-3-7-13-26/h4-5,8-11,16-17H,3,6-7,12-15H2,1-2H3. The molecule has 158 valence electrons. The second-order valence-corrected chi connectivity index (χ2v) is 7.59. The average molecular weight is 408 g/mol. The van der Waals surface area contributed by atoms with Crippen LogP contribution in [0.5, 0.6) is 11.5 Å². The quantitative estimate of drug-likeness (QED) is 0.539. The maximum atomic E-state index is 12.1. The lowest BCUT2D eigenvalue weighted by Crippen LogP contribution is -2.33. The van der Waals surface area contributed by atoms with Gasteiger partial charge in [0, 0.05) is 36.8 Å². The van der Waals surface area contributed by atoms with Gasteiger partial charge in [-0.05, 0) is 50.2 Å². The Morgan fingerprint density at radius 1 is 1.03 bits per heavy atom. The summed E-state index contributed by atoms with van der Waals surface area (Å²) in [6.07, 6.45) is 3.86. The Hall–Kier alpha value is -2.99. The van der Waals surface area contributed by atoms with Crippen LogP contribution >= 0.6 is 0 Å². The number of hydrogen-bond acceptors (Lipinski definition) is 6. The van der Waals surface area contributed by atoms with Crippen LogP contribution in [-0.2, 0) is 0 Å². The maximum absolute atomic E-state index is 12.1. The first-order chi connectivity index (χ1) is 14.7. The Morgan fingerprint density at radius 2 is 1.83 bits per heavy atom. The van der Waals surface area contributed by atoms with E-state index in [-0.39, 0.29) is 5.63 Å². The maximum Gasteiger partial charge on any atom is 0.338 e. The highest BCUT2D eigenvalue weighted by Crippen LogP contribution is 2.36. The molecule has 0 atom stereocenters. The van der Waals surface area contributed by atoms with Crippen LogP contribution in [0.3, 0.4) is 0 Å². The Morgan fingerprint density at radius 3 is 2.63 bits per heavy atom. The summed E-state index contributed by atoms with van der Waals surface area (Å²) in [5.41, 5.74) is 1.88. The van der Waals surface area contributed by atoms with Gasteiger partial charge in [0.1, 0.15) is 12.2 Å². The first-order valence-corrected chi connectivity index (χ1v) is 10.5. The predicted molar refractivity (Wildman–Crippen MR) is 119 cm³/mol. The van der Waals surface area contributed by atoms with Crippen molar-refractivity contribution in [2.45, 2.75) is 19.3 Å². The van der Waals surface area contributed by atoms with E-state index in [0.717, 1.165) is 36.4 Å². The molecule has 0 saturated carbocycles. The topological polar surface area (TPSA) is 55.1 Å². The fraction of sp³-hybridized carbons (Fsp3) is 0.375. The summed E-state index contributed by atoms with van der Waals surface area (Å²) in [7, 11) is 3.58. The van der Waals surface area contributed by atoms with Gasteiger partial charge in [-0.25, -0.2) is 4.79 Å². The summed E-state index contributed by atoms with van der Waals surface area (Å²) in [5.74, 6) is 1.40. The summed E-state index contributed by atoms with van der Waals surface area (Å²) < 4.78 is 16.9. The first kappa shape index (κ1) is 20.3. The Labute approximate surface area is 176 Å².